The minimum atomic E-state index is -0.570. The fourth-order valence-corrected chi connectivity index (χ4v) is 3.23. The van der Waals surface area contributed by atoms with Gasteiger partial charge in [-0.3, -0.25) is 9.59 Å². The number of amides is 2. The van der Waals surface area contributed by atoms with Crippen LogP contribution in [0.4, 0.5) is 5.69 Å². The molecule has 25 heavy (non-hydrogen) atoms. The second kappa shape index (κ2) is 6.97. The van der Waals surface area contributed by atoms with Crippen molar-refractivity contribution < 1.29 is 14.3 Å². The Morgan fingerprint density at radius 1 is 1.24 bits per heavy atom. The molecule has 0 saturated carbocycles. The number of hydrogen-bond acceptors (Lipinski definition) is 3. The average Bonchev–Trinajstić information content (AvgIpc) is 2.59. The fourth-order valence-electron chi connectivity index (χ4n) is 3.23. The van der Waals surface area contributed by atoms with Crippen molar-refractivity contribution in [3.05, 3.63) is 59.2 Å². The van der Waals surface area contributed by atoms with Gasteiger partial charge in [-0.15, -0.1) is 0 Å². The van der Waals surface area contributed by atoms with E-state index in [9.17, 15) is 9.59 Å². The molecule has 0 radical (unpaired) electrons. The number of carbonyl (C=O) groups excluding carboxylic acids is 2. The van der Waals surface area contributed by atoms with Gasteiger partial charge in [-0.05, 0) is 56.0 Å². The number of anilines is 1. The van der Waals surface area contributed by atoms with Gasteiger partial charge in [-0.25, -0.2) is 0 Å². The highest BCUT2D eigenvalue weighted by Crippen LogP contribution is 2.30. The highest BCUT2D eigenvalue weighted by molar-refractivity contribution is 5.97. The van der Waals surface area contributed by atoms with E-state index in [1.807, 2.05) is 38.1 Å². The van der Waals surface area contributed by atoms with Crippen LogP contribution in [0.15, 0.2) is 42.5 Å². The first-order valence-electron chi connectivity index (χ1n) is 8.40. The summed E-state index contributed by atoms with van der Waals surface area (Å²) < 4.78 is 5.67. The van der Waals surface area contributed by atoms with Gasteiger partial charge in [0.1, 0.15) is 5.75 Å². The molecule has 2 aromatic rings. The van der Waals surface area contributed by atoms with Gasteiger partial charge in [0.25, 0.3) is 11.8 Å². The number of carbonyl (C=O) groups is 2. The van der Waals surface area contributed by atoms with Gasteiger partial charge in [-0.1, -0.05) is 24.3 Å². The van der Waals surface area contributed by atoms with Gasteiger partial charge in [0, 0.05) is 11.7 Å². The number of benzene rings is 2. The molecule has 0 aromatic heterocycles. The molecular formula is C20H22N2O3. The summed E-state index contributed by atoms with van der Waals surface area (Å²) in [4.78, 5) is 26.1. The Morgan fingerprint density at radius 2 is 2.00 bits per heavy atom. The maximum absolute atomic E-state index is 12.8. The Bertz CT molecular complexity index is 816. The number of nitrogens with zero attached hydrogens (tertiary/aromatic N) is 1. The van der Waals surface area contributed by atoms with Gasteiger partial charge < -0.3 is 15.4 Å². The first-order chi connectivity index (χ1) is 12.0. The summed E-state index contributed by atoms with van der Waals surface area (Å²) in [7, 11) is 0. The molecule has 5 heteroatoms. The van der Waals surface area contributed by atoms with Crippen molar-refractivity contribution >= 4 is 17.5 Å². The molecule has 0 fully saturated rings. The van der Waals surface area contributed by atoms with Crippen molar-refractivity contribution in [2.75, 3.05) is 11.5 Å². The van der Waals surface area contributed by atoms with Gasteiger partial charge in [0.15, 0.2) is 6.61 Å². The standard InChI is InChI=1S/C20H22N2O3/c1-13-7-10-16(20(21)24)18(11-13)25-12-19(23)22-14(2)8-9-15-5-3-4-6-17(15)22/h3-7,10-11,14H,8-9,12H2,1-2H3,(H2,21,24)/t14-/m0/s1. The van der Waals surface area contributed by atoms with E-state index in [1.54, 1.807) is 23.1 Å². The molecule has 1 heterocycles. The van der Waals surface area contributed by atoms with Crippen LogP contribution in [0.1, 0.15) is 34.8 Å². The number of hydrogen-bond donors (Lipinski definition) is 1. The highest BCUT2D eigenvalue weighted by atomic mass is 16.5. The van der Waals surface area contributed by atoms with Crippen LogP contribution >= 0.6 is 0 Å². The van der Waals surface area contributed by atoms with E-state index in [2.05, 4.69) is 0 Å². The lowest BCUT2D eigenvalue weighted by atomic mass is 9.96. The lowest BCUT2D eigenvalue weighted by Crippen LogP contribution is -2.44. The smallest absolute Gasteiger partial charge is 0.265 e. The molecule has 130 valence electrons. The average molecular weight is 338 g/mol. The summed E-state index contributed by atoms with van der Waals surface area (Å²) in [6.45, 7) is 3.79. The second-order valence-electron chi connectivity index (χ2n) is 6.43. The molecule has 0 saturated heterocycles. The molecule has 2 aromatic carbocycles. The summed E-state index contributed by atoms with van der Waals surface area (Å²) in [6.07, 6.45) is 1.88. The van der Waals surface area contributed by atoms with Crippen LogP contribution in [0.25, 0.3) is 0 Å². The van der Waals surface area contributed by atoms with Crippen molar-refractivity contribution in [2.24, 2.45) is 5.73 Å². The topological polar surface area (TPSA) is 72.6 Å². The third-order valence-electron chi connectivity index (χ3n) is 4.55. The van der Waals surface area contributed by atoms with Gasteiger partial charge in [-0.2, -0.15) is 0 Å². The monoisotopic (exact) mass is 338 g/mol. The molecule has 1 aliphatic heterocycles. The number of primary amides is 1. The third-order valence-corrected chi connectivity index (χ3v) is 4.55. The molecule has 1 aliphatic rings. The van der Waals surface area contributed by atoms with Crippen molar-refractivity contribution in [3.8, 4) is 5.75 Å². The summed E-state index contributed by atoms with van der Waals surface area (Å²) in [5.41, 5.74) is 8.71. The Kier molecular flexibility index (Phi) is 4.74. The summed E-state index contributed by atoms with van der Waals surface area (Å²) in [6, 6.07) is 13.2. The van der Waals surface area contributed by atoms with Crippen molar-refractivity contribution in [1.29, 1.82) is 0 Å². The maximum atomic E-state index is 12.8. The van der Waals surface area contributed by atoms with E-state index in [1.165, 1.54) is 5.56 Å². The molecular weight excluding hydrogens is 316 g/mol. The number of aryl methyl sites for hydroxylation is 2. The first kappa shape index (κ1) is 17.0. The molecule has 2 N–H and O–H groups in total. The zero-order chi connectivity index (χ0) is 18.0. The SMILES string of the molecule is Cc1ccc(C(N)=O)c(OCC(=O)N2c3ccccc3CC[C@@H]2C)c1. The zero-order valence-electron chi connectivity index (χ0n) is 14.5. The van der Waals surface area contributed by atoms with Gasteiger partial charge >= 0.3 is 0 Å². The van der Waals surface area contributed by atoms with E-state index < -0.39 is 5.91 Å². The normalized spacial score (nSPS) is 16.2. The van der Waals surface area contributed by atoms with Crippen LogP contribution in [0.5, 0.6) is 5.75 Å². The Labute approximate surface area is 147 Å². The maximum Gasteiger partial charge on any atom is 0.265 e. The van der Waals surface area contributed by atoms with Gasteiger partial charge in [0.2, 0.25) is 0 Å². The Morgan fingerprint density at radius 3 is 2.76 bits per heavy atom. The number of rotatable bonds is 4. The first-order valence-corrected chi connectivity index (χ1v) is 8.40. The lowest BCUT2D eigenvalue weighted by Gasteiger charge is -2.35. The van der Waals surface area contributed by atoms with Crippen molar-refractivity contribution in [3.63, 3.8) is 0 Å². The zero-order valence-corrected chi connectivity index (χ0v) is 14.5. The van der Waals surface area contributed by atoms with Crippen LogP contribution in [-0.4, -0.2) is 24.5 Å². The van der Waals surface area contributed by atoms with Crippen LogP contribution in [-0.2, 0) is 11.2 Å². The van der Waals surface area contributed by atoms with E-state index >= 15 is 0 Å². The third kappa shape index (κ3) is 3.50. The molecule has 0 spiro atoms. The van der Waals surface area contributed by atoms with Gasteiger partial charge in [0.05, 0.1) is 5.56 Å². The highest BCUT2D eigenvalue weighted by Gasteiger charge is 2.28. The quantitative estimate of drug-likeness (QED) is 0.932. The van der Waals surface area contributed by atoms with Crippen LogP contribution < -0.4 is 15.4 Å². The van der Waals surface area contributed by atoms with E-state index in [0.29, 0.717) is 5.75 Å². The number of fused-ring (bicyclic) bond motifs is 1. The van der Waals surface area contributed by atoms with Crippen LogP contribution in [0, 0.1) is 6.92 Å². The fraction of sp³-hybridized carbons (Fsp3) is 0.300. The molecule has 0 aliphatic carbocycles. The predicted molar refractivity (Wildman–Crippen MR) is 96.9 cm³/mol. The molecule has 0 bridgehead atoms. The molecule has 3 rings (SSSR count). The minimum absolute atomic E-state index is 0.110. The van der Waals surface area contributed by atoms with E-state index in [-0.39, 0.29) is 24.1 Å². The number of nitrogens with two attached hydrogens (primary N) is 1. The van der Waals surface area contributed by atoms with Crippen molar-refractivity contribution in [1.82, 2.24) is 0 Å². The summed E-state index contributed by atoms with van der Waals surface area (Å²) >= 11 is 0. The molecule has 1 atom stereocenters. The largest absolute Gasteiger partial charge is 0.483 e. The predicted octanol–water partition coefficient (Wildman–Crippen LogP) is 2.84. The molecule has 2 amide bonds. The number of para-hydroxylation sites is 1. The summed E-state index contributed by atoms with van der Waals surface area (Å²) in [5.74, 6) is -0.352. The van der Waals surface area contributed by atoms with E-state index in [4.69, 9.17) is 10.5 Å². The summed E-state index contributed by atoms with van der Waals surface area (Å²) in [5, 5.41) is 0. The number of ether oxygens (including phenoxy) is 1. The molecule has 5 nitrogen and oxygen atoms in total. The Balaban J connectivity index is 1.80. The Hall–Kier alpha value is -2.82. The lowest BCUT2D eigenvalue weighted by molar-refractivity contribution is -0.121. The van der Waals surface area contributed by atoms with E-state index in [0.717, 1.165) is 24.1 Å². The molecule has 0 unspecified atom stereocenters. The minimum Gasteiger partial charge on any atom is -0.483 e. The van der Waals surface area contributed by atoms with Crippen LogP contribution in [0.3, 0.4) is 0 Å². The second-order valence-corrected chi connectivity index (χ2v) is 6.43. The van der Waals surface area contributed by atoms with Crippen molar-refractivity contribution in [2.45, 2.75) is 32.7 Å². The van der Waals surface area contributed by atoms with Crippen LogP contribution in [0.2, 0.25) is 0 Å².